The first-order valence-corrected chi connectivity index (χ1v) is 4.63. The van der Waals surface area contributed by atoms with Gasteiger partial charge in [-0.25, -0.2) is 4.98 Å². The third-order valence-corrected chi connectivity index (χ3v) is 1.66. The van der Waals surface area contributed by atoms with Crippen molar-refractivity contribution in [2.75, 3.05) is 5.33 Å². The summed E-state index contributed by atoms with van der Waals surface area (Å²) >= 11 is 3.26. The number of rotatable bonds is 3. The summed E-state index contributed by atoms with van der Waals surface area (Å²) in [6.45, 7) is 0. The van der Waals surface area contributed by atoms with Gasteiger partial charge in [0.25, 0.3) is 0 Å². The molecule has 12 heavy (non-hydrogen) atoms. The van der Waals surface area contributed by atoms with Crippen molar-refractivity contribution in [3.8, 4) is 0 Å². The number of pyridine rings is 1. The number of aromatic nitrogens is 1. The average Bonchev–Trinajstić information content (AvgIpc) is 2.15. The Bertz CT molecular complexity index is 296. The van der Waals surface area contributed by atoms with Crippen molar-refractivity contribution in [2.24, 2.45) is 0 Å². The molecular weight excluding hydrogens is 218 g/mol. The van der Waals surface area contributed by atoms with E-state index < -0.39 is 0 Å². The van der Waals surface area contributed by atoms with Crippen LogP contribution >= 0.6 is 15.9 Å². The molecule has 0 amide bonds. The van der Waals surface area contributed by atoms with E-state index in [1.54, 1.807) is 6.07 Å². The third-order valence-electron chi connectivity index (χ3n) is 1.29. The molecule has 1 aromatic rings. The molecule has 1 rings (SSSR count). The van der Waals surface area contributed by atoms with Gasteiger partial charge < -0.3 is 0 Å². The van der Waals surface area contributed by atoms with Gasteiger partial charge in [0, 0.05) is 5.33 Å². The van der Waals surface area contributed by atoms with Crippen LogP contribution in [0.2, 0.25) is 0 Å². The second-order valence-electron chi connectivity index (χ2n) is 2.16. The van der Waals surface area contributed by atoms with Crippen molar-refractivity contribution >= 4 is 28.3 Å². The van der Waals surface area contributed by atoms with E-state index in [-0.39, 0.29) is 0 Å². The van der Waals surface area contributed by atoms with E-state index in [0.29, 0.717) is 5.69 Å². The summed E-state index contributed by atoms with van der Waals surface area (Å²) in [4.78, 5) is 14.4. The maximum Gasteiger partial charge on any atom is 0.168 e. The van der Waals surface area contributed by atoms with Gasteiger partial charge in [-0.1, -0.05) is 28.1 Å². The third kappa shape index (κ3) is 2.58. The average molecular weight is 226 g/mol. The van der Waals surface area contributed by atoms with Crippen molar-refractivity contribution in [2.45, 2.75) is 0 Å². The first kappa shape index (κ1) is 9.13. The van der Waals surface area contributed by atoms with Gasteiger partial charge in [-0.05, 0) is 18.2 Å². The molecule has 0 radical (unpaired) electrons. The minimum Gasteiger partial charge on any atom is -0.296 e. The molecule has 0 fully saturated rings. The fourth-order valence-electron chi connectivity index (χ4n) is 0.793. The van der Waals surface area contributed by atoms with Crippen LogP contribution in [0.1, 0.15) is 16.2 Å². The van der Waals surface area contributed by atoms with E-state index in [1.165, 1.54) is 0 Å². The fraction of sp³-hybridized carbons (Fsp3) is 0.111. The number of hydrogen-bond donors (Lipinski definition) is 0. The predicted molar refractivity (Wildman–Crippen MR) is 52.5 cm³/mol. The van der Waals surface area contributed by atoms with E-state index in [0.717, 1.165) is 17.3 Å². The maximum atomic E-state index is 10.3. The number of allylic oxidation sites excluding steroid dienone is 1. The zero-order valence-electron chi connectivity index (χ0n) is 6.40. The number of halogens is 1. The molecule has 0 aliphatic heterocycles. The summed E-state index contributed by atoms with van der Waals surface area (Å²) < 4.78 is 0. The van der Waals surface area contributed by atoms with Gasteiger partial charge in [0.05, 0.1) is 5.69 Å². The summed E-state index contributed by atoms with van der Waals surface area (Å²) in [5, 5.41) is 0.792. The molecule has 0 N–H and O–H groups in total. The maximum absolute atomic E-state index is 10.3. The van der Waals surface area contributed by atoms with Crippen LogP contribution in [-0.4, -0.2) is 16.6 Å². The van der Waals surface area contributed by atoms with Gasteiger partial charge in [-0.2, -0.15) is 0 Å². The van der Waals surface area contributed by atoms with Crippen LogP contribution in [0.3, 0.4) is 0 Å². The Hall–Kier alpha value is -0.960. The summed E-state index contributed by atoms with van der Waals surface area (Å²) in [6, 6.07) is 5.34. The van der Waals surface area contributed by atoms with Gasteiger partial charge in [0.1, 0.15) is 5.69 Å². The van der Waals surface area contributed by atoms with E-state index >= 15 is 0 Å². The largest absolute Gasteiger partial charge is 0.296 e. The number of alkyl halides is 1. The molecule has 0 atom stereocenters. The van der Waals surface area contributed by atoms with Gasteiger partial charge in [0.15, 0.2) is 6.29 Å². The predicted octanol–water partition coefficient (Wildman–Crippen LogP) is 2.30. The Kier molecular flexibility index (Phi) is 3.67. The standard InChI is InChI=1S/C9H8BrNO/c10-6-2-5-8-3-1-4-9(7-12)11-8/h1-5,7H,6H2. The number of carbonyl (C=O) groups excluding carboxylic acids is 1. The van der Waals surface area contributed by atoms with Crippen LogP contribution in [0.4, 0.5) is 0 Å². The second-order valence-corrected chi connectivity index (χ2v) is 2.81. The van der Waals surface area contributed by atoms with Crippen LogP contribution < -0.4 is 0 Å². The molecule has 0 unspecified atom stereocenters. The van der Waals surface area contributed by atoms with E-state index in [4.69, 9.17) is 0 Å². The molecular formula is C9H8BrNO. The van der Waals surface area contributed by atoms with Gasteiger partial charge in [-0.15, -0.1) is 0 Å². The Morgan fingerprint density at radius 3 is 2.83 bits per heavy atom. The number of aldehydes is 1. The van der Waals surface area contributed by atoms with Crippen molar-refractivity contribution in [1.29, 1.82) is 0 Å². The lowest BCUT2D eigenvalue weighted by atomic mass is 10.3. The highest BCUT2D eigenvalue weighted by atomic mass is 79.9. The van der Waals surface area contributed by atoms with Gasteiger partial charge in [-0.3, -0.25) is 4.79 Å². The van der Waals surface area contributed by atoms with Crippen molar-refractivity contribution in [3.05, 3.63) is 35.7 Å². The van der Waals surface area contributed by atoms with Gasteiger partial charge >= 0.3 is 0 Å². The lowest BCUT2D eigenvalue weighted by Crippen LogP contribution is -1.87. The molecule has 0 aliphatic carbocycles. The molecule has 0 bridgehead atoms. The number of nitrogens with zero attached hydrogens (tertiary/aromatic N) is 1. The minimum absolute atomic E-state index is 0.465. The quantitative estimate of drug-likeness (QED) is 0.584. The first-order valence-electron chi connectivity index (χ1n) is 3.51. The Morgan fingerprint density at radius 1 is 1.42 bits per heavy atom. The number of carbonyl (C=O) groups is 1. The Morgan fingerprint density at radius 2 is 2.17 bits per heavy atom. The minimum atomic E-state index is 0.465. The Labute approximate surface area is 79.5 Å². The normalized spacial score (nSPS) is 10.4. The van der Waals surface area contributed by atoms with E-state index in [9.17, 15) is 4.79 Å². The summed E-state index contributed by atoms with van der Waals surface area (Å²) in [7, 11) is 0. The van der Waals surface area contributed by atoms with Crippen molar-refractivity contribution in [1.82, 2.24) is 4.98 Å². The molecule has 1 aromatic heterocycles. The van der Waals surface area contributed by atoms with Gasteiger partial charge in [0.2, 0.25) is 0 Å². The van der Waals surface area contributed by atoms with E-state index in [2.05, 4.69) is 20.9 Å². The highest BCUT2D eigenvalue weighted by Gasteiger charge is 1.90. The molecule has 0 aromatic carbocycles. The molecule has 0 aliphatic rings. The molecule has 3 heteroatoms. The van der Waals surface area contributed by atoms with Crippen molar-refractivity contribution in [3.63, 3.8) is 0 Å². The molecule has 0 saturated carbocycles. The Balaban J connectivity index is 2.86. The SMILES string of the molecule is O=Cc1cccc(C=CCBr)n1. The van der Waals surface area contributed by atoms with Crippen LogP contribution in [0, 0.1) is 0 Å². The summed E-state index contributed by atoms with van der Waals surface area (Å²) in [5.74, 6) is 0. The molecule has 62 valence electrons. The summed E-state index contributed by atoms with van der Waals surface area (Å²) in [5.41, 5.74) is 1.27. The smallest absolute Gasteiger partial charge is 0.168 e. The van der Waals surface area contributed by atoms with E-state index in [1.807, 2.05) is 24.3 Å². The zero-order valence-corrected chi connectivity index (χ0v) is 7.99. The second kappa shape index (κ2) is 4.83. The molecule has 0 saturated heterocycles. The molecule has 1 heterocycles. The summed E-state index contributed by atoms with van der Waals surface area (Å²) in [6.07, 6.45) is 4.53. The lowest BCUT2D eigenvalue weighted by molar-refractivity contribution is 0.111. The van der Waals surface area contributed by atoms with Crippen molar-refractivity contribution < 1.29 is 4.79 Å². The highest BCUT2D eigenvalue weighted by molar-refractivity contribution is 9.09. The van der Waals surface area contributed by atoms with Crippen LogP contribution in [0.25, 0.3) is 6.08 Å². The van der Waals surface area contributed by atoms with Crippen LogP contribution in [-0.2, 0) is 0 Å². The monoisotopic (exact) mass is 225 g/mol. The molecule has 2 nitrogen and oxygen atoms in total. The molecule has 0 spiro atoms. The first-order chi connectivity index (χ1) is 5.86. The topological polar surface area (TPSA) is 30.0 Å². The fourth-order valence-corrected chi connectivity index (χ4v) is 0.980. The van der Waals surface area contributed by atoms with Crippen LogP contribution in [0.15, 0.2) is 24.3 Å². The number of hydrogen-bond acceptors (Lipinski definition) is 2. The lowest BCUT2D eigenvalue weighted by Gasteiger charge is -1.92. The zero-order chi connectivity index (χ0) is 8.81. The highest BCUT2D eigenvalue weighted by Crippen LogP contribution is 2.00. The van der Waals surface area contributed by atoms with Crippen LogP contribution in [0.5, 0.6) is 0 Å².